The minimum Gasteiger partial charge on any atom is -0.481 e. The zero-order valence-electron chi connectivity index (χ0n) is 31.0. The first kappa shape index (κ1) is 36.2. The van der Waals surface area contributed by atoms with Crippen LogP contribution in [0.1, 0.15) is 142 Å². The fourth-order valence-corrected chi connectivity index (χ4v) is 13.7. The van der Waals surface area contributed by atoms with Crippen LogP contribution in [-0.4, -0.2) is 34.2 Å². The maximum atomic E-state index is 13.1. The molecule has 49 heavy (non-hydrogen) atoms. The number of ether oxygens (including phenoxy) is 1. The predicted octanol–water partition coefficient (Wildman–Crippen LogP) is 9.87. The summed E-state index contributed by atoms with van der Waals surface area (Å²) in [7, 11) is 0. The molecule has 0 aliphatic heterocycles. The Kier molecular flexibility index (Phi) is 8.86. The minimum atomic E-state index is -1.15. The van der Waals surface area contributed by atoms with Gasteiger partial charge in [-0.3, -0.25) is 9.59 Å². The summed E-state index contributed by atoms with van der Waals surface area (Å²) < 4.78 is 6.16. The Balaban J connectivity index is 1.29. The van der Waals surface area contributed by atoms with E-state index in [0.717, 1.165) is 51.4 Å². The van der Waals surface area contributed by atoms with Gasteiger partial charge in [-0.15, -0.1) is 0 Å². The third kappa shape index (κ3) is 5.44. The summed E-state index contributed by atoms with van der Waals surface area (Å²) in [5, 5.41) is 22.9. The van der Waals surface area contributed by atoms with Gasteiger partial charge in [-0.2, -0.15) is 11.3 Å². The van der Waals surface area contributed by atoms with Crippen molar-refractivity contribution in [3.63, 3.8) is 0 Å². The van der Waals surface area contributed by atoms with Gasteiger partial charge in [-0.1, -0.05) is 58.6 Å². The second kappa shape index (κ2) is 12.0. The number of rotatable bonds is 6. The molecule has 5 aliphatic rings. The predicted molar refractivity (Wildman–Crippen MR) is 193 cm³/mol. The average molecular weight is 691 g/mol. The molecular weight excluding hydrogens is 633 g/mol. The van der Waals surface area contributed by atoms with Gasteiger partial charge in [0.1, 0.15) is 6.10 Å². The molecule has 0 aromatic carbocycles. The number of carboxylic acid groups (broad SMARTS) is 2. The first-order valence-corrected chi connectivity index (χ1v) is 19.6. The van der Waals surface area contributed by atoms with Crippen LogP contribution in [0.15, 0.2) is 22.9 Å². The van der Waals surface area contributed by atoms with E-state index in [9.17, 15) is 24.6 Å². The van der Waals surface area contributed by atoms with E-state index in [-0.39, 0.29) is 39.6 Å². The Morgan fingerprint density at radius 1 is 0.918 bits per heavy atom. The molecule has 1 aromatic rings. The summed E-state index contributed by atoms with van der Waals surface area (Å²) >= 11 is 1.41. The number of allylic oxidation sites excluding steroid dienone is 1. The highest BCUT2D eigenvalue weighted by atomic mass is 32.1. The number of hydrogen-bond acceptors (Lipinski definition) is 5. The molecule has 0 radical (unpaired) electrons. The lowest BCUT2D eigenvalue weighted by atomic mass is 9.32. The lowest BCUT2D eigenvalue weighted by Crippen LogP contribution is -2.66. The van der Waals surface area contributed by atoms with Gasteiger partial charge in [0.25, 0.3) is 0 Å². The Hall–Kier alpha value is -2.59. The fourth-order valence-electron chi connectivity index (χ4n) is 12.9. The Morgan fingerprint density at radius 2 is 1.63 bits per heavy atom. The van der Waals surface area contributed by atoms with E-state index in [1.807, 2.05) is 5.38 Å². The van der Waals surface area contributed by atoms with Crippen molar-refractivity contribution < 1.29 is 29.3 Å². The Morgan fingerprint density at radius 3 is 2.29 bits per heavy atom. The van der Waals surface area contributed by atoms with Crippen molar-refractivity contribution in [3.8, 4) is 11.8 Å². The molecule has 5 saturated carbocycles. The fraction of sp³-hybridized carbons (Fsp3) is 0.738. The molecule has 5 aliphatic carbocycles. The molecule has 2 N–H and O–H groups in total. The molecule has 268 valence electrons. The molecule has 0 amide bonds. The molecule has 1 heterocycles. The molecule has 10 atom stereocenters. The molecule has 7 heteroatoms. The second-order valence-corrected chi connectivity index (χ2v) is 19.5. The number of fused-ring (bicyclic) bond motifs is 7. The molecule has 0 spiro atoms. The molecule has 6 rings (SSSR count). The summed E-state index contributed by atoms with van der Waals surface area (Å²) in [4.78, 5) is 36.7. The van der Waals surface area contributed by atoms with Gasteiger partial charge in [-0.25, -0.2) is 4.79 Å². The SMILES string of the molecule is C=C(C)[C@@H]1CCC2(C#Cc3cscc3C(=O)O)CC[C@]3(C)C(CCC4[C@@]5(C)CC[C@H](OC(=O)CC(C)(C)C(=O)O)C(C)(C)C5CC[C@]43C)C12. The molecule has 5 fully saturated rings. The first-order chi connectivity index (χ1) is 22.7. The van der Waals surface area contributed by atoms with Gasteiger partial charge >= 0.3 is 17.9 Å². The van der Waals surface area contributed by atoms with Crippen LogP contribution in [0.4, 0.5) is 0 Å². The zero-order chi connectivity index (χ0) is 35.9. The number of aliphatic carboxylic acids is 1. The van der Waals surface area contributed by atoms with E-state index >= 15 is 0 Å². The number of hydrogen-bond donors (Lipinski definition) is 2. The number of carbonyl (C=O) groups excluding carboxylic acids is 1. The number of carboxylic acids is 2. The minimum absolute atomic E-state index is 0.116. The zero-order valence-corrected chi connectivity index (χ0v) is 31.9. The highest BCUT2D eigenvalue weighted by Gasteiger charge is 2.71. The van der Waals surface area contributed by atoms with Crippen molar-refractivity contribution in [2.75, 3.05) is 0 Å². The van der Waals surface area contributed by atoms with Crippen LogP contribution in [0.5, 0.6) is 0 Å². The summed E-state index contributed by atoms with van der Waals surface area (Å²) in [6.07, 6.45) is 10.5. The summed E-state index contributed by atoms with van der Waals surface area (Å²) in [5.41, 5.74) is 1.20. The quantitative estimate of drug-likeness (QED) is 0.175. The van der Waals surface area contributed by atoms with Gasteiger partial charge in [0, 0.05) is 27.2 Å². The summed E-state index contributed by atoms with van der Waals surface area (Å²) in [5.74, 6) is 7.28. The third-order valence-electron chi connectivity index (χ3n) is 15.8. The van der Waals surface area contributed by atoms with Crippen molar-refractivity contribution in [2.24, 2.45) is 62.1 Å². The molecule has 6 nitrogen and oxygen atoms in total. The average Bonchev–Trinajstić information content (AvgIpc) is 3.63. The Bertz CT molecular complexity index is 1610. The van der Waals surface area contributed by atoms with Crippen molar-refractivity contribution in [1.29, 1.82) is 0 Å². The molecule has 0 saturated heterocycles. The normalized spacial score (nSPS) is 40.7. The van der Waals surface area contributed by atoms with E-state index in [2.05, 4.69) is 60.0 Å². The van der Waals surface area contributed by atoms with Crippen molar-refractivity contribution in [3.05, 3.63) is 34.0 Å². The van der Waals surface area contributed by atoms with E-state index < -0.39 is 23.3 Å². The highest BCUT2D eigenvalue weighted by molar-refractivity contribution is 7.08. The van der Waals surface area contributed by atoms with Crippen LogP contribution >= 0.6 is 11.3 Å². The monoisotopic (exact) mass is 690 g/mol. The molecule has 0 bridgehead atoms. The summed E-state index contributed by atoms with van der Waals surface area (Å²) in [6.45, 7) is 22.2. The molecule has 1 aromatic heterocycles. The van der Waals surface area contributed by atoms with Crippen LogP contribution in [-0.2, 0) is 14.3 Å². The van der Waals surface area contributed by atoms with E-state index in [1.54, 1.807) is 19.2 Å². The van der Waals surface area contributed by atoms with Gasteiger partial charge in [0.15, 0.2) is 0 Å². The van der Waals surface area contributed by atoms with Gasteiger partial charge in [0.05, 0.1) is 17.4 Å². The maximum absolute atomic E-state index is 13.1. The van der Waals surface area contributed by atoms with Crippen molar-refractivity contribution in [2.45, 2.75) is 132 Å². The van der Waals surface area contributed by atoms with E-state index in [0.29, 0.717) is 40.7 Å². The standard InChI is InChI=1S/C42H58O6S/c1-25(2)27-13-19-42(18-12-26-23-49-24-28(26)35(44)45)21-20-40(8)29(34(27)42)10-11-31-39(7)16-15-32(48-33(43)22-37(3,4)36(46)47)38(5,6)30(39)14-17-41(31,40)9/h23-24,27,29-32,34H,1,10-11,13-17,19-22H2,2-9H3,(H,44,45)(H,46,47)/t27-,29?,30?,31?,32-,34?,39-,40+,41+,42?/m0/s1. The van der Waals surface area contributed by atoms with Gasteiger partial charge in [0.2, 0.25) is 0 Å². The largest absolute Gasteiger partial charge is 0.481 e. The second-order valence-electron chi connectivity index (χ2n) is 18.8. The number of esters is 1. The third-order valence-corrected chi connectivity index (χ3v) is 16.5. The summed E-state index contributed by atoms with van der Waals surface area (Å²) in [6, 6.07) is 0. The van der Waals surface area contributed by atoms with Gasteiger partial charge < -0.3 is 14.9 Å². The number of thiophene rings is 1. The lowest BCUT2D eigenvalue weighted by molar-refractivity contribution is -0.247. The highest BCUT2D eigenvalue weighted by Crippen LogP contribution is 2.77. The molecule has 5 unspecified atom stereocenters. The van der Waals surface area contributed by atoms with E-state index in [1.165, 1.54) is 29.8 Å². The van der Waals surface area contributed by atoms with Crippen LogP contribution in [0, 0.1) is 73.9 Å². The smallest absolute Gasteiger partial charge is 0.337 e. The van der Waals surface area contributed by atoms with E-state index in [4.69, 9.17) is 4.74 Å². The maximum Gasteiger partial charge on any atom is 0.337 e. The van der Waals surface area contributed by atoms with Crippen LogP contribution in [0.25, 0.3) is 0 Å². The number of aromatic carboxylic acids is 1. The van der Waals surface area contributed by atoms with Gasteiger partial charge in [-0.05, 0) is 131 Å². The van der Waals surface area contributed by atoms with Crippen molar-refractivity contribution >= 4 is 29.2 Å². The lowest BCUT2D eigenvalue weighted by Gasteiger charge is -2.72. The Labute approximate surface area is 297 Å². The number of carbonyl (C=O) groups is 3. The van der Waals surface area contributed by atoms with Crippen LogP contribution < -0.4 is 0 Å². The topological polar surface area (TPSA) is 101 Å². The first-order valence-electron chi connectivity index (χ1n) is 18.6. The van der Waals surface area contributed by atoms with Crippen LogP contribution in [0.2, 0.25) is 0 Å². The van der Waals surface area contributed by atoms with Crippen molar-refractivity contribution in [1.82, 2.24) is 0 Å². The van der Waals surface area contributed by atoms with Crippen LogP contribution in [0.3, 0.4) is 0 Å². The molecular formula is C42H58O6S.